The van der Waals surface area contributed by atoms with Gasteiger partial charge < -0.3 is 15.2 Å². The molecule has 2 bridgehead atoms. The van der Waals surface area contributed by atoms with E-state index in [1.54, 1.807) is 41.3 Å². The third-order valence-electron chi connectivity index (χ3n) is 8.58. The van der Waals surface area contributed by atoms with Crippen LogP contribution in [0, 0.1) is 12.7 Å². The normalized spacial score (nSPS) is 22.5. The summed E-state index contributed by atoms with van der Waals surface area (Å²) < 4.78 is 16.6. The van der Waals surface area contributed by atoms with E-state index in [0.717, 1.165) is 51.1 Å². The summed E-state index contributed by atoms with van der Waals surface area (Å²) in [5, 5.41) is 6.99. The second-order valence-electron chi connectivity index (χ2n) is 11.0. The Morgan fingerprint density at radius 3 is 2.67 bits per heavy atom. The van der Waals surface area contributed by atoms with Crippen LogP contribution in [0.4, 0.5) is 20.6 Å². The number of aromatic nitrogens is 2. The fourth-order valence-electron chi connectivity index (χ4n) is 6.90. The molecule has 0 aliphatic carbocycles. The van der Waals surface area contributed by atoms with Gasteiger partial charge in [-0.2, -0.15) is 0 Å². The molecule has 3 aromatic rings. The third-order valence-corrected chi connectivity index (χ3v) is 8.84. The standard InChI is InChI=1S/C30H36ClFN6O/c1-20-34-28-19-33-13-12-29(28)38(20)27-17-25-10-11-26(18-27)36(25)14-3-15-37(24-5-2-4-22(32)16-24)30(39)35-23-8-6-21(31)7-9-23/h2,4-9,16,25-27,33H,3,10-15,17-19H2,1H3,(H,35,39)/t25-,26-/m1/s1. The monoisotopic (exact) mass is 550 g/mol. The number of nitrogens with zero attached hydrogens (tertiary/aromatic N) is 4. The number of aryl methyl sites for hydroxylation is 1. The number of rotatable bonds is 7. The fraction of sp³-hybridized carbons (Fsp3) is 0.467. The summed E-state index contributed by atoms with van der Waals surface area (Å²) in [7, 11) is 0. The summed E-state index contributed by atoms with van der Waals surface area (Å²) in [6.45, 7) is 5.48. The van der Waals surface area contributed by atoms with Crippen LogP contribution in [0.1, 0.15) is 55.4 Å². The van der Waals surface area contributed by atoms with Crippen LogP contribution in [0.15, 0.2) is 48.5 Å². The first-order valence-electron chi connectivity index (χ1n) is 14.1. The van der Waals surface area contributed by atoms with Crippen LogP contribution in [0.3, 0.4) is 0 Å². The van der Waals surface area contributed by atoms with Crippen molar-refractivity contribution in [1.29, 1.82) is 0 Å². The lowest BCUT2D eigenvalue weighted by atomic mass is 9.96. The van der Waals surface area contributed by atoms with Gasteiger partial charge in [-0.25, -0.2) is 14.2 Å². The van der Waals surface area contributed by atoms with Crippen molar-refractivity contribution in [3.8, 4) is 0 Å². The van der Waals surface area contributed by atoms with Crippen LogP contribution in [0.2, 0.25) is 5.02 Å². The molecule has 2 N–H and O–H groups in total. The number of fused-ring (bicyclic) bond motifs is 3. The van der Waals surface area contributed by atoms with Crippen molar-refractivity contribution in [2.75, 3.05) is 29.9 Å². The highest BCUT2D eigenvalue weighted by atomic mass is 35.5. The Morgan fingerprint density at radius 2 is 1.92 bits per heavy atom. The second-order valence-corrected chi connectivity index (χ2v) is 11.5. The predicted molar refractivity (Wildman–Crippen MR) is 153 cm³/mol. The first kappa shape index (κ1) is 26.3. The van der Waals surface area contributed by atoms with E-state index in [2.05, 4.69) is 27.0 Å². The molecule has 2 atom stereocenters. The molecule has 2 fully saturated rings. The van der Waals surface area contributed by atoms with E-state index in [0.29, 0.717) is 41.1 Å². The average molecular weight is 551 g/mol. The van der Waals surface area contributed by atoms with Gasteiger partial charge in [-0.3, -0.25) is 9.80 Å². The largest absolute Gasteiger partial charge is 0.329 e. The molecule has 0 radical (unpaired) electrons. The van der Waals surface area contributed by atoms with Crippen molar-refractivity contribution >= 4 is 29.0 Å². The molecule has 2 saturated heterocycles. The van der Waals surface area contributed by atoms with E-state index in [-0.39, 0.29) is 11.8 Å². The third kappa shape index (κ3) is 5.55. The first-order chi connectivity index (χ1) is 19.0. The van der Waals surface area contributed by atoms with Crippen LogP contribution in [0.5, 0.6) is 0 Å². The molecular formula is C30H36ClFN6O. The summed E-state index contributed by atoms with van der Waals surface area (Å²) in [4.78, 5) is 22.5. The molecule has 0 spiro atoms. The highest BCUT2D eigenvalue weighted by Gasteiger charge is 2.42. The van der Waals surface area contributed by atoms with Crippen LogP contribution in [-0.4, -0.2) is 52.2 Å². The molecule has 3 aliphatic rings. The lowest BCUT2D eigenvalue weighted by molar-refractivity contribution is 0.104. The summed E-state index contributed by atoms with van der Waals surface area (Å²) in [5.74, 6) is 0.795. The number of urea groups is 1. The molecule has 0 saturated carbocycles. The zero-order valence-corrected chi connectivity index (χ0v) is 23.1. The van der Waals surface area contributed by atoms with Gasteiger partial charge in [0.1, 0.15) is 11.6 Å². The number of carbonyl (C=O) groups is 1. The maximum atomic E-state index is 14.1. The summed E-state index contributed by atoms with van der Waals surface area (Å²) in [5.41, 5.74) is 3.86. The maximum Gasteiger partial charge on any atom is 0.326 e. The van der Waals surface area contributed by atoms with Crippen molar-refractivity contribution in [2.24, 2.45) is 0 Å². The lowest BCUT2D eigenvalue weighted by Gasteiger charge is -2.40. The molecule has 206 valence electrons. The second kappa shape index (κ2) is 11.3. The van der Waals surface area contributed by atoms with Crippen molar-refractivity contribution in [3.63, 3.8) is 0 Å². The number of imidazole rings is 1. The predicted octanol–water partition coefficient (Wildman–Crippen LogP) is 5.93. The number of amides is 2. The Balaban J connectivity index is 1.11. The molecule has 39 heavy (non-hydrogen) atoms. The van der Waals surface area contributed by atoms with Gasteiger partial charge in [-0.15, -0.1) is 0 Å². The quantitative estimate of drug-likeness (QED) is 0.383. The van der Waals surface area contributed by atoms with Gasteiger partial charge in [-0.05, 0) is 81.5 Å². The number of halogens is 2. The van der Waals surface area contributed by atoms with Gasteiger partial charge in [0, 0.05) is 72.8 Å². The minimum Gasteiger partial charge on any atom is -0.329 e. The summed E-state index contributed by atoms with van der Waals surface area (Å²) in [6.07, 6.45) is 6.62. The van der Waals surface area contributed by atoms with Crippen LogP contribution >= 0.6 is 11.6 Å². The maximum absolute atomic E-state index is 14.1. The van der Waals surface area contributed by atoms with E-state index < -0.39 is 0 Å². The highest BCUT2D eigenvalue weighted by molar-refractivity contribution is 6.30. The van der Waals surface area contributed by atoms with Gasteiger partial charge in [0.05, 0.1) is 5.69 Å². The Bertz CT molecular complexity index is 1310. The van der Waals surface area contributed by atoms with Crippen molar-refractivity contribution in [3.05, 3.63) is 76.6 Å². The van der Waals surface area contributed by atoms with Crippen molar-refractivity contribution in [1.82, 2.24) is 19.8 Å². The minimum absolute atomic E-state index is 0.278. The van der Waals surface area contributed by atoms with Crippen LogP contribution in [-0.2, 0) is 13.0 Å². The van der Waals surface area contributed by atoms with E-state index in [1.807, 2.05) is 0 Å². The highest BCUT2D eigenvalue weighted by Crippen LogP contribution is 2.42. The van der Waals surface area contributed by atoms with Crippen LogP contribution in [0.25, 0.3) is 0 Å². The van der Waals surface area contributed by atoms with E-state index in [1.165, 1.54) is 36.4 Å². The molecule has 6 rings (SSSR count). The number of benzene rings is 2. The number of piperidine rings is 1. The first-order valence-corrected chi connectivity index (χ1v) is 14.5. The fourth-order valence-corrected chi connectivity index (χ4v) is 7.03. The number of anilines is 2. The molecular weight excluding hydrogens is 515 g/mol. The number of hydrogen-bond acceptors (Lipinski definition) is 4. The van der Waals surface area contributed by atoms with Crippen molar-refractivity contribution in [2.45, 2.75) is 70.1 Å². The Hall–Kier alpha value is -2.94. The SMILES string of the molecule is Cc1nc2c(n1C1C[C@H]3CC[C@H](C1)N3CCCN(C(=O)Nc1ccc(Cl)cc1)c1cccc(F)c1)CCNC2. The minimum atomic E-state index is -0.357. The zero-order valence-electron chi connectivity index (χ0n) is 22.4. The average Bonchev–Trinajstić information content (AvgIpc) is 3.38. The molecule has 4 heterocycles. The molecule has 2 amide bonds. The van der Waals surface area contributed by atoms with Gasteiger partial charge >= 0.3 is 6.03 Å². The van der Waals surface area contributed by atoms with E-state index in [4.69, 9.17) is 16.6 Å². The zero-order chi connectivity index (χ0) is 26.9. The molecule has 2 aromatic carbocycles. The molecule has 3 aliphatic heterocycles. The van der Waals surface area contributed by atoms with Gasteiger partial charge in [-0.1, -0.05) is 17.7 Å². The summed E-state index contributed by atoms with van der Waals surface area (Å²) >= 11 is 6.00. The lowest BCUT2D eigenvalue weighted by Crippen LogP contribution is -2.45. The molecule has 9 heteroatoms. The van der Waals surface area contributed by atoms with Gasteiger partial charge in [0.15, 0.2) is 0 Å². The Kier molecular flexibility index (Phi) is 7.60. The van der Waals surface area contributed by atoms with E-state index >= 15 is 0 Å². The smallest absolute Gasteiger partial charge is 0.326 e. The molecule has 7 nitrogen and oxygen atoms in total. The topological polar surface area (TPSA) is 65.4 Å². The van der Waals surface area contributed by atoms with Crippen molar-refractivity contribution < 1.29 is 9.18 Å². The van der Waals surface area contributed by atoms with Crippen LogP contribution < -0.4 is 15.5 Å². The number of hydrogen-bond donors (Lipinski definition) is 2. The Labute approximate surface area is 234 Å². The van der Waals surface area contributed by atoms with E-state index in [9.17, 15) is 9.18 Å². The Morgan fingerprint density at radius 1 is 1.15 bits per heavy atom. The van der Waals surface area contributed by atoms with Gasteiger partial charge in [0.25, 0.3) is 0 Å². The number of nitrogens with one attached hydrogen (secondary N) is 2. The van der Waals surface area contributed by atoms with Gasteiger partial charge in [0.2, 0.25) is 0 Å². The summed E-state index contributed by atoms with van der Waals surface area (Å²) in [6, 6.07) is 14.6. The molecule has 0 unspecified atom stereocenters. The number of carbonyl (C=O) groups excluding carboxylic acids is 1. The molecule has 1 aromatic heterocycles.